The summed E-state index contributed by atoms with van der Waals surface area (Å²) in [6.45, 7) is 3.41. The summed E-state index contributed by atoms with van der Waals surface area (Å²) in [5.74, 6) is 0.391. The molecule has 0 aliphatic carbocycles. The number of amides is 1. The van der Waals surface area contributed by atoms with Gasteiger partial charge in [-0.15, -0.1) is 11.8 Å². The van der Waals surface area contributed by atoms with Crippen molar-refractivity contribution in [3.63, 3.8) is 0 Å². The summed E-state index contributed by atoms with van der Waals surface area (Å²) in [5, 5.41) is 9.39. The molecule has 0 saturated carbocycles. The Hall–Kier alpha value is -1.20. The number of hydrogen-bond donors (Lipinski definition) is 1. The van der Waals surface area contributed by atoms with Gasteiger partial charge in [-0.05, 0) is 49.1 Å². The normalized spacial score (nSPS) is 18.0. The Balaban J connectivity index is 2.10. The molecule has 1 aromatic carbocycles. The number of thioether (sulfide) groups is 1. The number of carbonyl (C=O) groups is 2. The van der Waals surface area contributed by atoms with Gasteiger partial charge in [-0.2, -0.15) is 0 Å². The molecule has 1 heterocycles. The molecule has 0 radical (unpaired) electrons. The molecule has 0 aromatic heterocycles. The molecule has 1 saturated heterocycles. The van der Waals surface area contributed by atoms with Crippen molar-refractivity contribution in [3.8, 4) is 0 Å². The number of carboxylic acids is 1. The Morgan fingerprint density at radius 3 is 2.91 bits per heavy atom. The number of nitrogens with zero attached hydrogens (tertiary/aromatic N) is 1. The first-order valence-electron chi connectivity index (χ1n) is 7.94. The zero-order chi connectivity index (χ0) is 16.8. The Kier molecular flexibility index (Phi) is 6.78. The van der Waals surface area contributed by atoms with E-state index in [1.54, 1.807) is 17.8 Å². The number of carboxylic acid groups (broad SMARTS) is 1. The smallest absolute Gasteiger partial charge is 0.303 e. The lowest BCUT2D eigenvalue weighted by Gasteiger charge is -2.33. The lowest BCUT2D eigenvalue weighted by molar-refractivity contribution is -0.137. The quantitative estimate of drug-likeness (QED) is 0.778. The number of likely N-dealkylation sites (tertiary alicyclic amines) is 1. The van der Waals surface area contributed by atoms with Crippen LogP contribution in [0.2, 0.25) is 5.02 Å². The lowest BCUT2D eigenvalue weighted by atomic mass is 9.93. The molecule has 4 nitrogen and oxygen atoms in total. The Morgan fingerprint density at radius 2 is 2.22 bits per heavy atom. The minimum atomic E-state index is -0.773. The van der Waals surface area contributed by atoms with Crippen LogP contribution in [0.5, 0.6) is 0 Å². The van der Waals surface area contributed by atoms with E-state index in [0.29, 0.717) is 23.6 Å². The Bertz CT molecular complexity index is 579. The maximum absolute atomic E-state index is 12.9. The molecule has 126 valence electrons. The fourth-order valence-corrected chi connectivity index (χ4v) is 3.88. The predicted octanol–water partition coefficient (Wildman–Crippen LogP) is 4.17. The maximum atomic E-state index is 12.9. The van der Waals surface area contributed by atoms with E-state index in [9.17, 15) is 9.59 Å². The van der Waals surface area contributed by atoms with Gasteiger partial charge in [-0.3, -0.25) is 9.59 Å². The van der Waals surface area contributed by atoms with Gasteiger partial charge in [0.1, 0.15) is 0 Å². The second-order valence-corrected chi connectivity index (χ2v) is 7.51. The molecule has 1 N–H and O–H groups in total. The average Bonchev–Trinajstić information content (AvgIpc) is 2.54. The topological polar surface area (TPSA) is 57.6 Å². The zero-order valence-electron chi connectivity index (χ0n) is 13.3. The average molecular weight is 356 g/mol. The third-order valence-corrected chi connectivity index (χ3v) is 5.24. The number of piperidine rings is 1. The van der Waals surface area contributed by atoms with E-state index in [1.165, 1.54) is 0 Å². The zero-order valence-corrected chi connectivity index (χ0v) is 14.8. The first-order valence-corrected chi connectivity index (χ1v) is 9.31. The number of carbonyl (C=O) groups excluding carboxylic acids is 1. The number of rotatable bonds is 6. The fourth-order valence-electron chi connectivity index (χ4n) is 2.93. The van der Waals surface area contributed by atoms with E-state index in [1.807, 2.05) is 17.0 Å². The standard InChI is InChI=1S/C17H22ClNO3S/c1-2-23-15-7-6-13(18)10-14(15)17(22)19-9-3-4-12(11-19)5-8-16(20)21/h6-7,10,12H,2-5,8-9,11H2,1H3,(H,20,21). The fraction of sp³-hybridized carbons (Fsp3) is 0.529. The number of benzene rings is 1. The molecule has 6 heteroatoms. The lowest BCUT2D eigenvalue weighted by Crippen LogP contribution is -2.40. The molecule has 0 spiro atoms. The van der Waals surface area contributed by atoms with Crippen molar-refractivity contribution in [1.29, 1.82) is 0 Å². The van der Waals surface area contributed by atoms with Crippen molar-refractivity contribution in [2.45, 2.75) is 37.5 Å². The van der Waals surface area contributed by atoms with Crippen LogP contribution in [0.25, 0.3) is 0 Å². The molecule has 2 rings (SSSR count). The Labute approximate surface area is 146 Å². The van der Waals surface area contributed by atoms with E-state index < -0.39 is 5.97 Å². The van der Waals surface area contributed by atoms with Gasteiger partial charge in [0.2, 0.25) is 0 Å². The van der Waals surface area contributed by atoms with Crippen molar-refractivity contribution >= 4 is 35.2 Å². The number of aliphatic carboxylic acids is 1. The summed E-state index contributed by atoms with van der Waals surface area (Å²) in [6.07, 6.45) is 2.71. The molecule has 1 amide bonds. The summed E-state index contributed by atoms with van der Waals surface area (Å²) in [7, 11) is 0. The van der Waals surface area contributed by atoms with Gasteiger partial charge in [0, 0.05) is 29.4 Å². The monoisotopic (exact) mass is 355 g/mol. The highest BCUT2D eigenvalue weighted by molar-refractivity contribution is 7.99. The van der Waals surface area contributed by atoms with Crippen molar-refractivity contribution in [3.05, 3.63) is 28.8 Å². The van der Waals surface area contributed by atoms with Crippen LogP contribution in [-0.2, 0) is 4.79 Å². The summed E-state index contributed by atoms with van der Waals surface area (Å²) < 4.78 is 0. The van der Waals surface area contributed by atoms with Gasteiger partial charge >= 0.3 is 5.97 Å². The van der Waals surface area contributed by atoms with Crippen LogP contribution >= 0.6 is 23.4 Å². The number of halogens is 1. The van der Waals surface area contributed by atoms with E-state index >= 15 is 0 Å². The second kappa shape index (κ2) is 8.60. The summed E-state index contributed by atoms with van der Waals surface area (Å²) in [4.78, 5) is 26.4. The van der Waals surface area contributed by atoms with Gasteiger partial charge in [-0.1, -0.05) is 18.5 Å². The molecule has 1 unspecified atom stereocenters. The minimum absolute atomic E-state index is 0.00322. The van der Waals surface area contributed by atoms with Gasteiger partial charge in [0.15, 0.2) is 0 Å². The third-order valence-electron chi connectivity index (χ3n) is 4.04. The second-order valence-electron chi connectivity index (χ2n) is 5.77. The molecular formula is C17H22ClNO3S. The van der Waals surface area contributed by atoms with E-state index in [0.717, 1.165) is 30.0 Å². The molecule has 1 aliphatic heterocycles. The highest BCUT2D eigenvalue weighted by Gasteiger charge is 2.26. The van der Waals surface area contributed by atoms with Crippen LogP contribution < -0.4 is 0 Å². The van der Waals surface area contributed by atoms with E-state index in [2.05, 4.69) is 6.92 Å². The largest absolute Gasteiger partial charge is 0.481 e. The molecule has 1 aromatic rings. The highest BCUT2D eigenvalue weighted by atomic mass is 35.5. The van der Waals surface area contributed by atoms with Gasteiger partial charge < -0.3 is 10.0 Å². The van der Waals surface area contributed by atoms with E-state index in [-0.39, 0.29) is 18.2 Å². The maximum Gasteiger partial charge on any atom is 0.303 e. The Morgan fingerprint density at radius 1 is 1.43 bits per heavy atom. The molecule has 1 fully saturated rings. The van der Waals surface area contributed by atoms with Crippen LogP contribution in [0.1, 0.15) is 43.0 Å². The van der Waals surface area contributed by atoms with E-state index in [4.69, 9.17) is 16.7 Å². The van der Waals surface area contributed by atoms with Gasteiger partial charge in [0.25, 0.3) is 5.91 Å². The molecule has 23 heavy (non-hydrogen) atoms. The van der Waals surface area contributed by atoms with Gasteiger partial charge in [-0.25, -0.2) is 0 Å². The molecule has 1 atom stereocenters. The van der Waals surface area contributed by atoms with Crippen LogP contribution in [0, 0.1) is 5.92 Å². The van der Waals surface area contributed by atoms with Crippen LogP contribution in [0.3, 0.4) is 0 Å². The molecule has 1 aliphatic rings. The highest BCUT2D eigenvalue weighted by Crippen LogP contribution is 2.29. The predicted molar refractivity (Wildman–Crippen MR) is 93.3 cm³/mol. The minimum Gasteiger partial charge on any atom is -0.481 e. The van der Waals surface area contributed by atoms with Crippen molar-refractivity contribution in [2.75, 3.05) is 18.8 Å². The van der Waals surface area contributed by atoms with Crippen molar-refractivity contribution in [1.82, 2.24) is 4.90 Å². The summed E-state index contributed by atoms with van der Waals surface area (Å²) in [5.41, 5.74) is 0.656. The van der Waals surface area contributed by atoms with Crippen LogP contribution in [0.4, 0.5) is 0 Å². The van der Waals surface area contributed by atoms with Crippen LogP contribution in [0.15, 0.2) is 23.1 Å². The summed E-state index contributed by atoms with van der Waals surface area (Å²) >= 11 is 7.70. The molecule has 0 bridgehead atoms. The van der Waals surface area contributed by atoms with Crippen molar-refractivity contribution in [2.24, 2.45) is 5.92 Å². The van der Waals surface area contributed by atoms with Gasteiger partial charge in [0.05, 0.1) is 5.56 Å². The SMILES string of the molecule is CCSc1ccc(Cl)cc1C(=O)N1CCCC(CCC(=O)O)C1. The van der Waals surface area contributed by atoms with Crippen molar-refractivity contribution < 1.29 is 14.7 Å². The third kappa shape index (κ3) is 5.15. The first kappa shape index (κ1) is 18.1. The number of hydrogen-bond acceptors (Lipinski definition) is 3. The summed E-state index contributed by atoms with van der Waals surface area (Å²) in [6, 6.07) is 5.44. The molecular weight excluding hydrogens is 334 g/mol. The first-order chi connectivity index (χ1) is 11.0. The van der Waals surface area contributed by atoms with Crippen LogP contribution in [-0.4, -0.2) is 40.7 Å².